The zero-order chi connectivity index (χ0) is 21.3. The molecule has 5 heteroatoms. The molecular weight excluding hydrogens is 374 g/mol. The fourth-order valence-electron chi connectivity index (χ4n) is 5.11. The van der Waals surface area contributed by atoms with E-state index >= 15 is 0 Å². The first-order valence-electron chi connectivity index (χ1n) is 10.3. The van der Waals surface area contributed by atoms with Gasteiger partial charge in [-0.25, -0.2) is 4.79 Å². The third-order valence-corrected chi connectivity index (χ3v) is 6.38. The molecule has 5 nitrogen and oxygen atoms in total. The van der Waals surface area contributed by atoms with Crippen LogP contribution in [0.4, 0.5) is 0 Å². The molecule has 2 N–H and O–H groups in total. The lowest BCUT2D eigenvalue weighted by Crippen LogP contribution is -2.49. The average Bonchev–Trinajstić information content (AvgIpc) is 2.78. The van der Waals surface area contributed by atoms with E-state index in [9.17, 15) is 15.3 Å². The van der Waals surface area contributed by atoms with Crippen LogP contribution < -0.4 is 5.73 Å². The minimum absolute atomic E-state index is 0.00767. The van der Waals surface area contributed by atoms with Crippen LogP contribution in [0.2, 0.25) is 0 Å². The van der Waals surface area contributed by atoms with Gasteiger partial charge in [-0.05, 0) is 54.0 Å². The smallest absolute Gasteiger partial charge is 0.333 e. The standard InChI is InChI=1S/C25H23N3O2/c1-2-30-24(29)25(15-27)22(19-13-7-9-16-8-3-4-10-17(16)19)20-12-6-5-11-18(20)21(14-26)23(25)28/h3-4,7-11,13,20,22H,2,5-6,12,28H2,1H3/t20-,22-,25+/m1/s1. The van der Waals surface area contributed by atoms with Gasteiger partial charge in [-0.15, -0.1) is 0 Å². The van der Waals surface area contributed by atoms with Crippen LogP contribution in [-0.4, -0.2) is 12.6 Å². The van der Waals surface area contributed by atoms with Crippen LogP contribution in [0.3, 0.4) is 0 Å². The molecule has 0 aliphatic heterocycles. The number of nitrogens with zero attached hydrogens (tertiary/aromatic N) is 2. The van der Waals surface area contributed by atoms with Gasteiger partial charge in [-0.3, -0.25) is 0 Å². The van der Waals surface area contributed by atoms with Crippen LogP contribution in [0.1, 0.15) is 37.7 Å². The van der Waals surface area contributed by atoms with Gasteiger partial charge in [0, 0.05) is 5.92 Å². The molecule has 0 spiro atoms. The number of carbonyl (C=O) groups is 1. The van der Waals surface area contributed by atoms with Gasteiger partial charge >= 0.3 is 5.97 Å². The molecule has 0 fully saturated rings. The van der Waals surface area contributed by atoms with Gasteiger partial charge in [0.2, 0.25) is 5.41 Å². The molecule has 3 atom stereocenters. The highest BCUT2D eigenvalue weighted by Gasteiger charge is 2.59. The van der Waals surface area contributed by atoms with Crippen molar-refractivity contribution in [1.82, 2.24) is 0 Å². The zero-order valence-electron chi connectivity index (χ0n) is 16.9. The van der Waals surface area contributed by atoms with Crippen molar-refractivity contribution in [2.45, 2.75) is 32.1 Å². The molecule has 2 aromatic rings. The Morgan fingerprint density at radius 3 is 2.73 bits per heavy atom. The van der Waals surface area contributed by atoms with Crippen molar-refractivity contribution in [2.75, 3.05) is 6.61 Å². The molecule has 2 aromatic carbocycles. The molecule has 0 heterocycles. The van der Waals surface area contributed by atoms with E-state index in [1.165, 1.54) is 0 Å². The molecule has 0 unspecified atom stereocenters. The third kappa shape index (κ3) is 2.70. The molecule has 0 aromatic heterocycles. The van der Waals surface area contributed by atoms with E-state index in [0.717, 1.165) is 41.2 Å². The van der Waals surface area contributed by atoms with E-state index in [4.69, 9.17) is 10.5 Å². The Bertz CT molecular complexity index is 1160. The van der Waals surface area contributed by atoms with Crippen molar-refractivity contribution >= 4 is 16.7 Å². The Morgan fingerprint density at radius 2 is 2.00 bits per heavy atom. The van der Waals surface area contributed by atoms with Crippen LogP contribution in [0.5, 0.6) is 0 Å². The number of nitrogens with two attached hydrogens (primary N) is 1. The first-order valence-corrected chi connectivity index (χ1v) is 10.3. The fraction of sp³-hybridized carbons (Fsp3) is 0.320. The zero-order valence-corrected chi connectivity index (χ0v) is 16.9. The monoisotopic (exact) mass is 397 g/mol. The van der Waals surface area contributed by atoms with Crippen molar-refractivity contribution in [2.24, 2.45) is 17.1 Å². The second kappa shape index (κ2) is 7.69. The maximum absolute atomic E-state index is 13.3. The number of nitriles is 2. The van der Waals surface area contributed by atoms with Gasteiger partial charge < -0.3 is 10.5 Å². The van der Waals surface area contributed by atoms with Gasteiger partial charge in [0.1, 0.15) is 6.07 Å². The van der Waals surface area contributed by atoms with Crippen LogP contribution in [0.15, 0.2) is 65.4 Å². The summed E-state index contributed by atoms with van der Waals surface area (Å²) in [6.07, 6.45) is 4.61. The second-order valence-electron chi connectivity index (χ2n) is 7.78. The van der Waals surface area contributed by atoms with E-state index in [2.05, 4.69) is 12.1 Å². The van der Waals surface area contributed by atoms with Crippen LogP contribution in [0, 0.1) is 34.0 Å². The lowest BCUT2D eigenvalue weighted by Gasteiger charge is -2.45. The summed E-state index contributed by atoms with van der Waals surface area (Å²) in [4.78, 5) is 13.3. The molecule has 30 heavy (non-hydrogen) atoms. The Hall–Kier alpha value is -3.57. The highest BCUT2D eigenvalue weighted by atomic mass is 16.5. The summed E-state index contributed by atoms with van der Waals surface area (Å²) in [5.41, 5.74) is 6.74. The Morgan fingerprint density at radius 1 is 1.23 bits per heavy atom. The van der Waals surface area contributed by atoms with Crippen molar-refractivity contribution < 1.29 is 9.53 Å². The number of ether oxygens (including phenoxy) is 1. The van der Waals surface area contributed by atoms with E-state index in [1.807, 2.05) is 48.5 Å². The normalized spacial score (nSPS) is 25.6. The highest BCUT2D eigenvalue weighted by Crippen LogP contribution is 2.57. The number of fused-ring (bicyclic) bond motifs is 2. The van der Waals surface area contributed by atoms with Crippen molar-refractivity contribution in [3.05, 3.63) is 70.9 Å². The van der Waals surface area contributed by atoms with Crippen LogP contribution in [0.25, 0.3) is 10.8 Å². The van der Waals surface area contributed by atoms with Gasteiger partial charge in [0.05, 0.1) is 23.9 Å². The maximum atomic E-state index is 13.3. The number of rotatable bonds is 3. The quantitative estimate of drug-likeness (QED) is 0.770. The number of allylic oxidation sites excluding steroid dienone is 3. The minimum atomic E-state index is -1.75. The summed E-state index contributed by atoms with van der Waals surface area (Å²) in [5, 5.41) is 22.3. The van der Waals surface area contributed by atoms with Crippen molar-refractivity contribution in [3.8, 4) is 12.1 Å². The second-order valence-corrected chi connectivity index (χ2v) is 7.78. The summed E-state index contributed by atoms with van der Waals surface area (Å²) < 4.78 is 5.38. The van der Waals surface area contributed by atoms with Gasteiger partial charge in [-0.2, -0.15) is 10.5 Å². The van der Waals surface area contributed by atoms with Gasteiger partial charge in [-0.1, -0.05) is 48.5 Å². The number of hydrogen-bond acceptors (Lipinski definition) is 5. The van der Waals surface area contributed by atoms with Crippen LogP contribution in [-0.2, 0) is 9.53 Å². The molecule has 0 saturated heterocycles. The van der Waals surface area contributed by atoms with Crippen LogP contribution >= 0.6 is 0 Å². The van der Waals surface area contributed by atoms with Gasteiger partial charge in [0.15, 0.2) is 0 Å². The first kappa shape index (κ1) is 19.7. The summed E-state index contributed by atoms with van der Waals surface area (Å²) in [7, 11) is 0. The summed E-state index contributed by atoms with van der Waals surface area (Å²) in [6.45, 7) is 1.84. The topological polar surface area (TPSA) is 99.9 Å². The SMILES string of the molecule is CCOC(=O)[C@]1(C#N)C(N)=C(C#N)C2=CCCC[C@H]2[C@H]1c1cccc2ccccc12. The highest BCUT2D eigenvalue weighted by molar-refractivity contribution is 5.91. The van der Waals surface area contributed by atoms with Crippen molar-refractivity contribution in [1.29, 1.82) is 10.5 Å². The van der Waals surface area contributed by atoms with E-state index in [1.54, 1.807) is 6.92 Å². The molecule has 2 aliphatic rings. The Labute approximate surface area is 176 Å². The lowest BCUT2D eigenvalue weighted by molar-refractivity contribution is -0.152. The summed E-state index contributed by atoms with van der Waals surface area (Å²) in [6, 6.07) is 18.2. The molecule has 150 valence electrons. The third-order valence-electron chi connectivity index (χ3n) is 6.38. The molecule has 4 rings (SSSR count). The Kier molecular flexibility index (Phi) is 5.06. The largest absolute Gasteiger partial charge is 0.464 e. The Balaban J connectivity index is 2.10. The number of benzene rings is 2. The molecule has 0 bridgehead atoms. The van der Waals surface area contributed by atoms with Gasteiger partial charge in [0.25, 0.3) is 0 Å². The predicted molar refractivity (Wildman–Crippen MR) is 114 cm³/mol. The minimum Gasteiger partial charge on any atom is -0.464 e. The first-order chi connectivity index (χ1) is 14.6. The molecule has 2 aliphatic carbocycles. The molecule has 0 saturated carbocycles. The number of carbonyl (C=O) groups excluding carboxylic acids is 1. The average molecular weight is 397 g/mol. The summed E-state index contributed by atoms with van der Waals surface area (Å²) >= 11 is 0. The fourth-order valence-corrected chi connectivity index (χ4v) is 5.11. The number of hydrogen-bond donors (Lipinski definition) is 1. The van der Waals surface area contributed by atoms with E-state index in [-0.39, 0.29) is 23.8 Å². The number of esters is 1. The van der Waals surface area contributed by atoms with E-state index in [0.29, 0.717) is 0 Å². The predicted octanol–water partition coefficient (Wildman–Crippen LogP) is 4.47. The lowest BCUT2D eigenvalue weighted by atomic mass is 9.55. The maximum Gasteiger partial charge on any atom is 0.333 e. The molecular formula is C25H23N3O2. The van der Waals surface area contributed by atoms with E-state index < -0.39 is 17.3 Å². The van der Waals surface area contributed by atoms with Crippen molar-refractivity contribution in [3.63, 3.8) is 0 Å². The molecule has 0 amide bonds. The summed E-state index contributed by atoms with van der Waals surface area (Å²) in [5.74, 6) is -1.37. The molecule has 0 radical (unpaired) electrons.